The topological polar surface area (TPSA) is 71.1 Å². The van der Waals surface area contributed by atoms with Gasteiger partial charge >= 0.3 is 23.8 Å². The van der Waals surface area contributed by atoms with E-state index in [1.165, 1.54) is 13.0 Å². The predicted molar refractivity (Wildman–Crippen MR) is 143 cm³/mol. The van der Waals surface area contributed by atoms with E-state index in [9.17, 15) is 27.2 Å². The van der Waals surface area contributed by atoms with Crippen LogP contribution in [0.2, 0.25) is 0 Å². The molecule has 0 saturated heterocycles. The zero-order valence-corrected chi connectivity index (χ0v) is 22.8. The first-order chi connectivity index (χ1) is 19.0. The second-order valence-corrected chi connectivity index (χ2v) is 9.30. The summed E-state index contributed by atoms with van der Waals surface area (Å²) in [6, 6.07) is 14.0. The highest BCUT2D eigenvalue weighted by molar-refractivity contribution is 5.87. The van der Waals surface area contributed by atoms with Crippen molar-refractivity contribution < 1.29 is 46.1 Å². The third kappa shape index (κ3) is 13.0. The molecular formula is C30H36F4O6. The Labute approximate surface area is 232 Å². The smallest absolute Gasteiger partial charge is 0.330 e. The van der Waals surface area contributed by atoms with E-state index < -0.39 is 24.2 Å². The monoisotopic (exact) mass is 568 g/mol. The maximum Gasteiger partial charge on any atom is 0.330 e. The number of alkyl halides is 4. The summed E-state index contributed by atoms with van der Waals surface area (Å²) in [5, 5.41) is 0. The summed E-state index contributed by atoms with van der Waals surface area (Å²) in [7, 11) is 0. The lowest BCUT2D eigenvalue weighted by atomic mass is 10.1. The fraction of sp³-hybridized carbons (Fsp3) is 0.467. The summed E-state index contributed by atoms with van der Waals surface area (Å²) in [6.07, 6.45) is 5.17. The van der Waals surface area contributed by atoms with E-state index in [-0.39, 0.29) is 32.5 Å². The number of hydrogen-bond donors (Lipinski definition) is 0. The fourth-order valence-corrected chi connectivity index (χ4v) is 3.39. The highest BCUT2D eigenvalue weighted by atomic mass is 19.3. The third-order valence-corrected chi connectivity index (χ3v) is 5.76. The highest BCUT2D eigenvalue weighted by Gasteiger charge is 2.51. The van der Waals surface area contributed by atoms with Crippen LogP contribution in [0.4, 0.5) is 17.6 Å². The van der Waals surface area contributed by atoms with Crippen molar-refractivity contribution in [3.8, 4) is 11.5 Å². The summed E-state index contributed by atoms with van der Waals surface area (Å²) in [5.41, 5.74) is 1.65. The van der Waals surface area contributed by atoms with Crippen molar-refractivity contribution >= 4 is 18.0 Å². The van der Waals surface area contributed by atoms with E-state index in [1.807, 2.05) is 0 Å². The van der Waals surface area contributed by atoms with E-state index in [4.69, 9.17) is 18.9 Å². The molecule has 0 saturated carbocycles. The molecule has 0 amide bonds. The van der Waals surface area contributed by atoms with Crippen LogP contribution in [0.3, 0.4) is 0 Å². The molecule has 0 radical (unpaired) electrons. The number of halogens is 4. The number of benzene rings is 2. The molecule has 0 aromatic heterocycles. The molecule has 0 N–H and O–H groups in total. The van der Waals surface area contributed by atoms with Gasteiger partial charge in [-0.15, -0.1) is 0 Å². The number of rotatable bonds is 18. The molecule has 6 nitrogen and oxygen atoms in total. The van der Waals surface area contributed by atoms with Crippen LogP contribution in [0.5, 0.6) is 11.5 Å². The van der Waals surface area contributed by atoms with Crippen molar-refractivity contribution in [3.05, 3.63) is 65.7 Å². The number of esters is 2. The van der Waals surface area contributed by atoms with Gasteiger partial charge in [0.2, 0.25) is 0 Å². The number of carbonyl (C=O) groups excluding carboxylic acids is 2. The first-order valence-electron chi connectivity index (χ1n) is 13.1. The van der Waals surface area contributed by atoms with E-state index in [0.717, 1.165) is 36.8 Å². The van der Waals surface area contributed by atoms with Crippen molar-refractivity contribution in [1.29, 1.82) is 0 Å². The highest BCUT2D eigenvalue weighted by Crippen LogP contribution is 2.37. The Kier molecular flexibility index (Phi) is 13.5. The Bertz CT molecular complexity index is 1060. The van der Waals surface area contributed by atoms with E-state index >= 15 is 0 Å². The molecule has 0 aliphatic carbocycles. The maximum atomic E-state index is 13.3. The maximum absolute atomic E-state index is 13.3. The van der Waals surface area contributed by atoms with Gasteiger partial charge in [-0.2, -0.15) is 8.78 Å². The van der Waals surface area contributed by atoms with Crippen LogP contribution in [0, 0.1) is 0 Å². The van der Waals surface area contributed by atoms with Crippen molar-refractivity contribution in [2.75, 3.05) is 19.8 Å². The largest absolute Gasteiger partial charge is 0.494 e. The Hall–Kier alpha value is -3.56. The summed E-state index contributed by atoms with van der Waals surface area (Å²) >= 11 is 0. The van der Waals surface area contributed by atoms with E-state index in [1.54, 1.807) is 54.6 Å². The van der Waals surface area contributed by atoms with Gasteiger partial charge in [0, 0.05) is 26.3 Å². The molecule has 0 spiro atoms. The number of ether oxygens (including phenoxy) is 4. The van der Waals surface area contributed by atoms with Crippen molar-refractivity contribution in [2.45, 2.75) is 70.8 Å². The van der Waals surface area contributed by atoms with Crippen LogP contribution in [0.1, 0.15) is 63.5 Å². The van der Waals surface area contributed by atoms with E-state index in [2.05, 4.69) is 0 Å². The van der Waals surface area contributed by atoms with Crippen LogP contribution in [0.25, 0.3) is 6.08 Å². The summed E-state index contributed by atoms with van der Waals surface area (Å²) in [6.45, 7) is 2.52. The zero-order chi connectivity index (χ0) is 29.4. The van der Waals surface area contributed by atoms with Gasteiger partial charge in [-0.3, -0.25) is 4.79 Å². The zero-order valence-electron chi connectivity index (χ0n) is 22.8. The predicted octanol–water partition coefficient (Wildman–Crippen LogP) is 7.40. The second-order valence-electron chi connectivity index (χ2n) is 9.30. The van der Waals surface area contributed by atoms with Gasteiger partial charge in [-0.25, -0.2) is 13.6 Å². The third-order valence-electron chi connectivity index (χ3n) is 5.76. The lowest BCUT2D eigenvalue weighted by Gasteiger charge is -2.22. The SMILES string of the molecule is CC(=O)OCCCCCCOC(=O)/C=C/c1ccc(OCc2ccc(OCCCC(F)(F)C(C)(F)F)cc2)cc1. The molecule has 0 fully saturated rings. The average Bonchev–Trinajstić information content (AvgIpc) is 2.90. The molecule has 0 unspecified atom stereocenters. The van der Waals surface area contributed by atoms with Crippen molar-refractivity contribution in [3.63, 3.8) is 0 Å². The number of hydrogen-bond acceptors (Lipinski definition) is 6. The Morgan fingerprint density at radius 1 is 0.750 bits per heavy atom. The lowest BCUT2D eigenvalue weighted by Crippen LogP contribution is -2.37. The van der Waals surface area contributed by atoms with Crippen LogP contribution in [-0.2, 0) is 25.7 Å². The van der Waals surface area contributed by atoms with Gasteiger partial charge in [-0.05, 0) is 73.6 Å². The number of carbonyl (C=O) groups is 2. The van der Waals surface area contributed by atoms with Crippen LogP contribution < -0.4 is 9.47 Å². The van der Waals surface area contributed by atoms with Crippen LogP contribution in [-0.4, -0.2) is 43.6 Å². The molecule has 2 aromatic carbocycles. The summed E-state index contributed by atoms with van der Waals surface area (Å²) in [5.74, 6) is -7.75. The second kappa shape index (κ2) is 16.5. The molecule has 220 valence electrons. The molecular weight excluding hydrogens is 532 g/mol. The van der Waals surface area contributed by atoms with Crippen LogP contribution in [0.15, 0.2) is 54.6 Å². The molecule has 2 rings (SSSR count). The molecule has 0 bridgehead atoms. The van der Waals surface area contributed by atoms with Gasteiger partial charge in [0.25, 0.3) is 0 Å². The van der Waals surface area contributed by atoms with Gasteiger partial charge < -0.3 is 18.9 Å². The molecule has 10 heteroatoms. The molecule has 40 heavy (non-hydrogen) atoms. The first-order valence-corrected chi connectivity index (χ1v) is 13.1. The van der Waals surface area contributed by atoms with Gasteiger partial charge in [0.1, 0.15) is 18.1 Å². The Balaban J connectivity index is 1.63. The lowest BCUT2D eigenvalue weighted by molar-refractivity contribution is -0.201. The van der Waals surface area contributed by atoms with Gasteiger partial charge in [-0.1, -0.05) is 24.3 Å². The molecule has 0 aliphatic heterocycles. The van der Waals surface area contributed by atoms with E-state index in [0.29, 0.717) is 24.7 Å². The normalized spacial score (nSPS) is 11.8. The molecule has 0 heterocycles. The quantitative estimate of drug-likeness (QED) is 0.0808. The standard InChI is InChI=1S/C30H36F4O6/c1-23(35)37-19-5-3-4-6-20-39-28(36)17-12-24-8-13-27(14-9-24)40-22-25-10-15-26(16-11-25)38-21-7-18-30(33,34)29(2,31)32/h8-17H,3-7,18-22H2,1-2H3/b17-12+. The first kappa shape index (κ1) is 32.7. The minimum atomic E-state index is -4.06. The van der Waals surface area contributed by atoms with Crippen molar-refractivity contribution in [2.24, 2.45) is 0 Å². The average molecular weight is 569 g/mol. The van der Waals surface area contributed by atoms with Gasteiger partial charge in [0.05, 0.1) is 19.8 Å². The fourth-order valence-electron chi connectivity index (χ4n) is 3.39. The molecule has 0 atom stereocenters. The van der Waals surface area contributed by atoms with Crippen molar-refractivity contribution in [1.82, 2.24) is 0 Å². The Morgan fingerprint density at radius 2 is 1.32 bits per heavy atom. The summed E-state index contributed by atoms with van der Waals surface area (Å²) in [4.78, 5) is 22.5. The number of unbranched alkanes of at least 4 members (excludes halogenated alkanes) is 3. The molecule has 0 aliphatic rings. The molecule has 2 aromatic rings. The Morgan fingerprint density at radius 3 is 1.93 bits per heavy atom. The van der Waals surface area contributed by atoms with Crippen LogP contribution >= 0.6 is 0 Å². The van der Waals surface area contributed by atoms with Gasteiger partial charge in [0.15, 0.2) is 0 Å². The minimum absolute atomic E-state index is 0.0970. The summed E-state index contributed by atoms with van der Waals surface area (Å²) < 4.78 is 73.4. The minimum Gasteiger partial charge on any atom is -0.494 e.